The molecule has 4 aromatic rings. The van der Waals surface area contributed by atoms with Crippen molar-refractivity contribution in [2.75, 3.05) is 24.3 Å². The standard InChI is InChI=1S/C28H26N4O3S/c1-19-9-13-22(14-10-19)32-27(23-6-3-4-7-25(23)35-2)29-30-28(32)36-18-24(33)20-11-15-21(16-12-20)31-17-5-8-26(31)34/h3-4,6-7,9-16H,5,8,17-18H2,1-2H3. The number of Topliss-reactive ketones (excluding diaryl/α,β-unsaturated/α-hetero) is 1. The number of carbonyl (C=O) groups is 2. The zero-order valence-corrected chi connectivity index (χ0v) is 21.0. The fourth-order valence-electron chi connectivity index (χ4n) is 4.26. The first-order chi connectivity index (χ1) is 17.5. The highest BCUT2D eigenvalue weighted by atomic mass is 32.2. The number of ketones is 1. The average Bonchev–Trinajstić information content (AvgIpc) is 3.54. The van der Waals surface area contributed by atoms with Crippen molar-refractivity contribution in [2.45, 2.75) is 24.9 Å². The van der Waals surface area contributed by atoms with Crippen molar-refractivity contribution in [3.8, 4) is 22.8 Å². The van der Waals surface area contributed by atoms with Gasteiger partial charge in [-0.15, -0.1) is 10.2 Å². The zero-order chi connectivity index (χ0) is 25.1. The van der Waals surface area contributed by atoms with Crippen LogP contribution in [0.25, 0.3) is 17.1 Å². The Kier molecular flexibility index (Phi) is 6.86. The molecule has 3 aromatic carbocycles. The van der Waals surface area contributed by atoms with E-state index in [0.717, 1.165) is 35.5 Å². The Morgan fingerprint density at radius 2 is 1.69 bits per heavy atom. The molecule has 0 bridgehead atoms. The Morgan fingerprint density at radius 3 is 2.39 bits per heavy atom. The summed E-state index contributed by atoms with van der Waals surface area (Å²) in [6.45, 7) is 2.77. The van der Waals surface area contributed by atoms with Crippen molar-refractivity contribution in [3.63, 3.8) is 0 Å². The first kappa shape index (κ1) is 23.8. The normalized spacial score (nSPS) is 13.3. The minimum absolute atomic E-state index is 0.0170. The summed E-state index contributed by atoms with van der Waals surface area (Å²) in [5.41, 5.74) is 4.31. The molecule has 5 rings (SSSR count). The molecule has 0 atom stereocenters. The van der Waals surface area contributed by atoms with Gasteiger partial charge in [-0.1, -0.05) is 41.6 Å². The molecule has 0 spiro atoms. The SMILES string of the molecule is COc1ccccc1-c1nnc(SCC(=O)c2ccc(N3CCCC3=O)cc2)n1-c1ccc(C)cc1. The van der Waals surface area contributed by atoms with E-state index in [-0.39, 0.29) is 17.4 Å². The van der Waals surface area contributed by atoms with Gasteiger partial charge in [0, 0.05) is 29.9 Å². The monoisotopic (exact) mass is 498 g/mol. The van der Waals surface area contributed by atoms with Crippen LogP contribution in [0.3, 0.4) is 0 Å². The van der Waals surface area contributed by atoms with Crippen LogP contribution in [0.2, 0.25) is 0 Å². The number of nitrogens with zero attached hydrogens (tertiary/aromatic N) is 4. The van der Waals surface area contributed by atoms with Crippen LogP contribution in [-0.2, 0) is 4.79 Å². The van der Waals surface area contributed by atoms with E-state index in [1.165, 1.54) is 11.8 Å². The molecule has 0 aliphatic carbocycles. The molecule has 1 amide bonds. The summed E-state index contributed by atoms with van der Waals surface area (Å²) < 4.78 is 7.52. The highest BCUT2D eigenvalue weighted by Crippen LogP contribution is 2.33. The van der Waals surface area contributed by atoms with Gasteiger partial charge >= 0.3 is 0 Å². The first-order valence-corrected chi connectivity index (χ1v) is 12.8. The molecule has 1 aromatic heterocycles. The number of carbonyl (C=O) groups excluding carboxylic acids is 2. The third kappa shape index (κ3) is 4.77. The van der Waals surface area contributed by atoms with Gasteiger partial charge in [-0.05, 0) is 61.9 Å². The number of methoxy groups -OCH3 is 1. The van der Waals surface area contributed by atoms with Gasteiger partial charge in [-0.25, -0.2) is 0 Å². The van der Waals surface area contributed by atoms with Gasteiger partial charge in [-0.2, -0.15) is 0 Å². The summed E-state index contributed by atoms with van der Waals surface area (Å²) in [5.74, 6) is 1.66. The summed E-state index contributed by atoms with van der Waals surface area (Å²) in [6, 6.07) is 23.0. The van der Waals surface area contributed by atoms with Crippen LogP contribution in [-0.4, -0.2) is 45.9 Å². The summed E-state index contributed by atoms with van der Waals surface area (Å²) >= 11 is 1.34. The molecule has 1 aliphatic rings. The van der Waals surface area contributed by atoms with Gasteiger partial charge in [0.15, 0.2) is 16.8 Å². The maximum Gasteiger partial charge on any atom is 0.227 e. The number of rotatable bonds is 8. The molecule has 1 saturated heterocycles. The van der Waals surface area contributed by atoms with Gasteiger partial charge < -0.3 is 9.64 Å². The Hall–Kier alpha value is -3.91. The topological polar surface area (TPSA) is 77.3 Å². The van der Waals surface area contributed by atoms with Crippen LogP contribution in [0.1, 0.15) is 28.8 Å². The predicted octanol–water partition coefficient (Wildman–Crippen LogP) is 5.35. The smallest absolute Gasteiger partial charge is 0.227 e. The van der Waals surface area contributed by atoms with Crippen molar-refractivity contribution in [1.82, 2.24) is 14.8 Å². The zero-order valence-electron chi connectivity index (χ0n) is 20.2. The van der Waals surface area contributed by atoms with E-state index in [9.17, 15) is 9.59 Å². The lowest BCUT2D eigenvalue weighted by atomic mass is 10.1. The maximum atomic E-state index is 13.0. The maximum absolute atomic E-state index is 13.0. The largest absolute Gasteiger partial charge is 0.496 e. The number of amides is 1. The first-order valence-electron chi connectivity index (χ1n) is 11.8. The molecule has 1 fully saturated rings. The minimum Gasteiger partial charge on any atom is -0.496 e. The molecular weight excluding hydrogens is 472 g/mol. The second-order valence-corrected chi connectivity index (χ2v) is 9.53. The van der Waals surface area contributed by atoms with E-state index in [1.807, 2.05) is 72.2 Å². The van der Waals surface area contributed by atoms with Crippen LogP contribution in [0.4, 0.5) is 5.69 Å². The Morgan fingerprint density at radius 1 is 0.972 bits per heavy atom. The molecule has 7 nitrogen and oxygen atoms in total. The number of hydrogen-bond acceptors (Lipinski definition) is 6. The summed E-state index contributed by atoms with van der Waals surface area (Å²) in [5, 5.41) is 9.52. The highest BCUT2D eigenvalue weighted by molar-refractivity contribution is 7.99. The van der Waals surface area contributed by atoms with Crippen LogP contribution < -0.4 is 9.64 Å². The van der Waals surface area contributed by atoms with Gasteiger partial charge in [0.2, 0.25) is 5.91 Å². The predicted molar refractivity (Wildman–Crippen MR) is 141 cm³/mol. The van der Waals surface area contributed by atoms with Crippen LogP contribution >= 0.6 is 11.8 Å². The Labute approximate surface area is 214 Å². The molecule has 0 radical (unpaired) electrons. The van der Waals surface area contributed by atoms with Gasteiger partial charge in [0.1, 0.15) is 5.75 Å². The van der Waals surface area contributed by atoms with Crippen LogP contribution in [0.15, 0.2) is 78.0 Å². The summed E-state index contributed by atoms with van der Waals surface area (Å²) in [6.07, 6.45) is 1.45. The van der Waals surface area contributed by atoms with Crippen molar-refractivity contribution in [1.29, 1.82) is 0 Å². The lowest BCUT2D eigenvalue weighted by Gasteiger charge is -2.15. The number of anilines is 1. The number of benzene rings is 3. The van der Waals surface area contributed by atoms with Crippen molar-refractivity contribution >= 4 is 29.1 Å². The molecule has 0 N–H and O–H groups in total. The average molecular weight is 499 g/mol. The minimum atomic E-state index is -0.0170. The van der Waals surface area contributed by atoms with E-state index < -0.39 is 0 Å². The van der Waals surface area contributed by atoms with Gasteiger partial charge in [-0.3, -0.25) is 14.2 Å². The Balaban J connectivity index is 1.40. The summed E-state index contributed by atoms with van der Waals surface area (Å²) in [4.78, 5) is 26.8. The number of para-hydroxylation sites is 1. The number of hydrogen-bond donors (Lipinski definition) is 0. The van der Waals surface area contributed by atoms with Crippen molar-refractivity contribution in [3.05, 3.63) is 83.9 Å². The highest BCUT2D eigenvalue weighted by Gasteiger charge is 2.22. The molecule has 2 heterocycles. The van der Waals surface area contributed by atoms with Gasteiger partial charge in [0.05, 0.1) is 18.4 Å². The quantitative estimate of drug-likeness (QED) is 0.241. The molecule has 0 unspecified atom stereocenters. The van der Waals surface area contributed by atoms with Crippen LogP contribution in [0.5, 0.6) is 5.75 Å². The number of aromatic nitrogens is 3. The lowest BCUT2D eigenvalue weighted by molar-refractivity contribution is -0.117. The van der Waals surface area contributed by atoms with Crippen LogP contribution in [0, 0.1) is 6.92 Å². The van der Waals surface area contributed by atoms with Crippen molar-refractivity contribution in [2.24, 2.45) is 0 Å². The number of thioether (sulfide) groups is 1. The molecule has 1 aliphatic heterocycles. The molecule has 8 heteroatoms. The van der Waals surface area contributed by atoms with Gasteiger partial charge in [0.25, 0.3) is 0 Å². The third-order valence-electron chi connectivity index (χ3n) is 6.18. The van der Waals surface area contributed by atoms with E-state index >= 15 is 0 Å². The summed E-state index contributed by atoms with van der Waals surface area (Å²) in [7, 11) is 1.63. The Bertz CT molecular complexity index is 1400. The van der Waals surface area contributed by atoms with E-state index in [0.29, 0.717) is 28.7 Å². The van der Waals surface area contributed by atoms with Crippen molar-refractivity contribution < 1.29 is 14.3 Å². The third-order valence-corrected chi connectivity index (χ3v) is 7.11. The number of ether oxygens (including phenoxy) is 1. The second-order valence-electron chi connectivity index (χ2n) is 8.59. The lowest BCUT2D eigenvalue weighted by Crippen LogP contribution is -2.23. The van der Waals surface area contributed by atoms with E-state index in [4.69, 9.17) is 4.74 Å². The second kappa shape index (κ2) is 10.4. The molecule has 182 valence electrons. The van der Waals surface area contributed by atoms with E-state index in [2.05, 4.69) is 10.2 Å². The fourth-order valence-corrected chi connectivity index (χ4v) is 5.10. The molecule has 36 heavy (non-hydrogen) atoms. The van der Waals surface area contributed by atoms with E-state index in [1.54, 1.807) is 24.1 Å². The fraction of sp³-hybridized carbons (Fsp3) is 0.214. The molecular formula is C28H26N4O3S. The molecule has 0 saturated carbocycles. The number of aryl methyl sites for hydroxylation is 1.